The van der Waals surface area contributed by atoms with Crippen molar-refractivity contribution in [2.75, 3.05) is 13.2 Å². The Morgan fingerprint density at radius 2 is 2.32 bits per heavy atom. The molecule has 0 aromatic heterocycles. The molecule has 2 aliphatic rings. The quantitative estimate of drug-likeness (QED) is 0.829. The minimum atomic E-state index is -0.446. The average Bonchev–Trinajstić information content (AvgIpc) is 2.73. The van der Waals surface area contributed by atoms with Crippen molar-refractivity contribution in [2.45, 2.75) is 25.3 Å². The van der Waals surface area contributed by atoms with E-state index in [-0.39, 0.29) is 18.0 Å². The first-order valence-electron chi connectivity index (χ1n) is 6.34. The molecular weight excluding hydrogens is 308 g/mol. The molecule has 0 fully saturated rings. The molecule has 19 heavy (non-hydrogen) atoms. The second-order valence-electron chi connectivity index (χ2n) is 5.89. The molecule has 5 heteroatoms. The first-order valence-corrected chi connectivity index (χ1v) is 7.14. The van der Waals surface area contributed by atoms with Crippen molar-refractivity contribution in [3.63, 3.8) is 0 Å². The highest BCUT2D eigenvalue weighted by Gasteiger charge is 2.48. The molecule has 1 heterocycles. The number of nitrogens with two attached hydrogens (primary N) is 1. The Hall–Kier alpha value is -1.07. The van der Waals surface area contributed by atoms with Crippen LogP contribution in [0.4, 0.5) is 0 Å². The third-order valence-corrected chi connectivity index (χ3v) is 4.57. The lowest BCUT2D eigenvalue weighted by molar-refractivity contribution is 0.0801. The number of ether oxygens (including phenoxy) is 1. The molecule has 1 aliphatic heterocycles. The molecule has 0 saturated carbocycles. The van der Waals surface area contributed by atoms with Crippen LogP contribution in [-0.4, -0.2) is 24.3 Å². The highest BCUT2D eigenvalue weighted by Crippen LogP contribution is 2.49. The van der Waals surface area contributed by atoms with Crippen LogP contribution >= 0.6 is 15.9 Å². The van der Waals surface area contributed by atoms with Crippen LogP contribution in [0.15, 0.2) is 27.7 Å². The molecule has 1 aromatic carbocycles. The molecular formula is C14H17BrN2O2. The lowest BCUT2D eigenvalue weighted by Gasteiger charge is -2.42. The fourth-order valence-corrected chi connectivity index (χ4v) is 3.63. The lowest BCUT2D eigenvalue weighted by atomic mass is 9.65. The van der Waals surface area contributed by atoms with Crippen molar-refractivity contribution in [2.24, 2.45) is 16.1 Å². The van der Waals surface area contributed by atoms with E-state index in [1.165, 1.54) is 5.56 Å². The summed E-state index contributed by atoms with van der Waals surface area (Å²) in [6, 6.07) is 6.46. The van der Waals surface area contributed by atoms with Gasteiger partial charge in [-0.2, -0.15) is 0 Å². The molecule has 4 nitrogen and oxygen atoms in total. The maximum Gasteiger partial charge on any atom is 0.283 e. The fourth-order valence-electron chi connectivity index (χ4n) is 3.27. The molecule has 0 saturated heterocycles. The van der Waals surface area contributed by atoms with Gasteiger partial charge in [-0.3, -0.25) is 0 Å². The largest absolute Gasteiger partial charge is 0.462 e. The van der Waals surface area contributed by atoms with Crippen LogP contribution in [0.3, 0.4) is 0 Å². The van der Waals surface area contributed by atoms with Crippen molar-refractivity contribution in [1.29, 1.82) is 0 Å². The van der Waals surface area contributed by atoms with E-state index in [0.29, 0.717) is 6.61 Å². The van der Waals surface area contributed by atoms with Gasteiger partial charge in [0.2, 0.25) is 0 Å². The SMILES string of the molecule is C[C@]1(CO)Cc2ccc(Br)cc2[C@]2(COC(N)=N2)C1. The molecule has 1 spiro atoms. The fraction of sp³-hybridized carbons (Fsp3) is 0.500. The second kappa shape index (κ2) is 4.21. The zero-order valence-electron chi connectivity index (χ0n) is 10.8. The van der Waals surface area contributed by atoms with E-state index in [9.17, 15) is 5.11 Å². The Morgan fingerprint density at radius 1 is 1.53 bits per heavy atom. The maximum absolute atomic E-state index is 9.71. The summed E-state index contributed by atoms with van der Waals surface area (Å²) in [7, 11) is 0. The summed E-state index contributed by atoms with van der Waals surface area (Å²) in [5.41, 5.74) is 7.47. The molecule has 1 aliphatic carbocycles. The van der Waals surface area contributed by atoms with Crippen LogP contribution in [0.1, 0.15) is 24.5 Å². The molecule has 1 aromatic rings. The zero-order valence-corrected chi connectivity index (χ0v) is 12.4. The molecule has 3 rings (SSSR count). The standard InChI is InChI=1S/C14H17BrN2O2/c1-13(7-18)5-9-2-3-10(15)4-11(9)14(6-13)8-19-12(16)17-14/h2-4,18H,5-8H2,1H3,(H2,16,17)/t13-,14+/m0/s1. The lowest BCUT2D eigenvalue weighted by Crippen LogP contribution is -2.42. The summed E-state index contributed by atoms with van der Waals surface area (Å²) in [5.74, 6) is 0. The van der Waals surface area contributed by atoms with Crippen LogP contribution in [-0.2, 0) is 16.7 Å². The van der Waals surface area contributed by atoms with E-state index >= 15 is 0 Å². The molecule has 0 amide bonds. The van der Waals surface area contributed by atoms with Crippen molar-refractivity contribution in [3.05, 3.63) is 33.8 Å². The minimum absolute atomic E-state index is 0.139. The number of nitrogens with zero attached hydrogens (tertiary/aromatic N) is 1. The van der Waals surface area contributed by atoms with Crippen molar-refractivity contribution < 1.29 is 9.84 Å². The van der Waals surface area contributed by atoms with Crippen LogP contribution in [0, 0.1) is 5.41 Å². The normalized spacial score (nSPS) is 32.9. The van der Waals surface area contributed by atoms with E-state index in [1.54, 1.807) is 0 Å². The molecule has 102 valence electrons. The van der Waals surface area contributed by atoms with Crippen molar-refractivity contribution in [1.82, 2.24) is 0 Å². The number of hydrogen-bond donors (Lipinski definition) is 2. The number of benzene rings is 1. The summed E-state index contributed by atoms with van der Waals surface area (Å²) < 4.78 is 6.44. The van der Waals surface area contributed by atoms with Crippen molar-refractivity contribution in [3.8, 4) is 0 Å². The molecule has 0 unspecified atom stereocenters. The summed E-state index contributed by atoms with van der Waals surface area (Å²) in [6.45, 7) is 2.68. The van der Waals surface area contributed by atoms with Gasteiger partial charge in [0, 0.05) is 11.1 Å². The number of fused-ring (bicyclic) bond motifs is 2. The Bertz CT molecular complexity index is 560. The minimum Gasteiger partial charge on any atom is -0.462 e. The number of aliphatic hydroxyl groups excluding tert-OH is 1. The van der Waals surface area contributed by atoms with Crippen LogP contribution < -0.4 is 5.73 Å². The second-order valence-corrected chi connectivity index (χ2v) is 6.81. The highest BCUT2D eigenvalue weighted by atomic mass is 79.9. The monoisotopic (exact) mass is 324 g/mol. The van der Waals surface area contributed by atoms with Gasteiger partial charge < -0.3 is 15.6 Å². The summed E-state index contributed by atoms with van der Waals surface area (Å²) in [4.78, 5) is 4.55. The van der Waals surface area contributed by atoms with E-state index in [0.717, 1.165) is 22.9 Å². The van der Waals surface area contributed by atoms with Crippen LogP contribution in [0.25, 0.3) is 0 Å². The Morgan fingerprint density at radius 3 is 2.95 bits per heavy atom. The number of amidine groups is 1. The van der Waals surface area contributed by atoms with Gasteiger partial charge in [-0.15, -0.1) is 0 Å². The first-order chi connectivity index (χ1) is 8.96. The van der Waals surface area contributed by atoms with Gasteiger partial charge in [-0.05, 0) is 41.5 Å². The number of aliphatic imine (C=N–C) groups is 1. The number of halogens is 1. The molecule has 0 radical (unpaired) electrons. The predicted molar refractivity (Wildman–Crippen MR) is 76.9 cm³/mol. The van der Waals surface area contributed by atoms with Crippen molar-refractivity contribution >= 4 is 22.0 Å². The van der Waals surface area contributed by atoms with Gasteiger partial charge in [0.05, 0.1) is 0 Å². The molecule has 3 N–H and O–H groups in total. The van der Waals surface area contributed by atoms with Crippen LogP contribution in [0.5, 0.6) is 0 Å². The zero-order chi connectivity index (χ0) is 13.7. The average molecular weight is 325 g/mol. The summed E-state index contributed by atoms with van der Waals surface area (Å²) >= 11 is 3.51. The Labute approximate surface area is 120 Å². The van der Waals surface area contributed by atoms with Crippen LogP contribution in [0.2, 0.25) is 0 Å². The number of rotatable bonds is 1. The van der Waals surface area contributed by atoms with Gasteiger partial charge in [0.25, 0.3) is 6.02 Å². The van der Waals surface area contributed by atoms with Gasteiger partial charge in [-0.1, -0.05) is 28.9 Å². The van der Waals surface area contributed by atoms with Gasteiger partial charge in [0.1, 0.15) is 12.1 Å². The summed E-state index contributed by atoms with van der Waals surface area (Å²) in [5, 5.41) is 9.71. The van der Waals surface area contributed by atoms with E-state index in [1.807, 2.05) is 6.07 Å². The molecule has 2 atom stereocenters. The van der Waals surface area contributed by atoms with Gasteiger partial charge in [-0.25, -0.2) is 4.99 Å². The van der Waals surface area contributed by atoms with Gasteiger partial charge in [0.15, 0.2) is 0 Å². The Kier molecular flexibility index (Phi) is 2.87. The maximum atomic E-state index is 9.71. The third-order valence-electron chi connectivity index (χ3n) is 4.07. The molecule has 0 bridgehead atoms. The Balaban J connectivity index is 2.17. The van der Waals surface area contributed by atoms with E-state index in [2.05, 4.69) is 40.0 Å². The third kappa shape index (κ3) is 2.05. The number of hydrogen-bond acceptors (Lipinski definition) is 4. The topological polar surface area (TPSA) is 67.8 Å². The van der Waals surface area contributed by atoms with Gasteiger partial charge >= 0.3 is 0 Å². The van der Waals surface area contributed by atoms with E-state index in [4.69, 9.17) is 10.5 Å². The highest BCUT2D eigenvalue weighted by molar-refractivity contribution is 9.10. The number of aliphatic hydroxyl groups is 1. The summed E-state index contributed by atoms with van der Waals surface area (Å²) in [6.07, 6.45) is 1.60. The predicted octanol–water partition coefficient (Wildman–Crippen LogP) is 1.93. The smallest absolute Gasteiger partial charge is 0.283 e. The first kappa shape index (κ1) is 12.9. The van der Waals surface area contributed by atoms with E-state index < -0.39 is 5.54 Å².